The van der Waals surface area contributed by atoms with Crippen LogP contribution in [0.4, 0.5) is 10.6 Å². The Labute approximate surface area is 153 Å². The maximum atomic E-state index is 11.7. The Balaban J connectivity index is 2.29. The summed E-state index contributed by atoms with van der Waals surface area (Å²) < 4.78 is 7.32. The fourth-order valence-corrected chi connectivity index (χ4v) is 3.03. The van der Waals surface area contributed by atoms with E-state index in [2.05, 4.69) is 34.9 Å². The van der Waals surface area contributed by atoms with E-state index in [0.29, 0.717) is 12.3 Å². The Kier molecular flexibility index (Phi) is 5.98. The predicted octanol–water partition coefficient (Wildman–Crippen LogP) is 2.22. The van der Waals surface area contributed by atoms with Gasteiger partial charge in [0.1, 0.15) is 17.8 Å². The summed E-state index contributed by atoms with van der Waals surface area (Å²) in [5.41, 5.74) is 0.650. The van der Waals surface area contributed by atoms with Crippen molar-refractivity contribution in [1.82, 2.24) is 19.9 Å². The van der Waals surface area contributed by atoms with Gasteiger partial charge in [-0.25, -0.2) is 19.6 Å². The van der Waals surface area contributed by atoms with E-state index >= 15 is 0 Å². The van der Waals surface area contributed by atoms with E-state index in [1.165, 1.54) is 31.4 Å². The number of hydrogen-bond donors (Lipinski definition) is 2. The van der Waals surface area contributed by atoms with Crippen molar-refractivity contribution in [2.75, 3.05) is 25.6 Å². The van der Waals surface area contributed by atoms with Crippen molar-refractivity contribution in [1.29, 1.82) is 0 Å². The minimum absolute atomic E-state index is 0.0217. The lowest BCUT2D eigenvalue weighted by molar-refractivity contribution is 0.0696. The molecule has 26 heavy (non-hydrogen) atoms. The van der Waals surface area contributed by atoms with Crippen molar-refractivity contribution in [2.45, 2.75) is 32.4 Å². The number of fused-ring (bicyclic) bond motifs is 1. The molecule has 2 rings (SSSR count). The summed E-state index contributed by atoms with van der Waals surface area (Å²) >= 11 is 0. The minimum Gasteiger partial charge on any atom is -0.478 e. The Morgan fingerprint density at radius 1 is 1.38 bits per heavy atom. The summed E-state index contributed by atoms with van der Waals surface area (Å²) in [5, 5.41) is 11.9. The smallest absolute Gasteiger partial charge is 0.339 e. The summed E-state index contributed by atoms with van der Waals surface area (Å²) in [5.74, 6) is -0.846. The number of urea groups is 1. The van der Waals surface area contributed by atoms with Crippen LogP contribution in [0.2, 0.25) is 25.7 Å². The van der Waals surface area contributed by atoms with Crippen LogP contribution in [0.25, 0.3) is 11.2 Å². The Hall–Kier alpha value is -2.46. The van der Waals surface area contributed by atoms with Crippen molar-refractivity contribution < 1.29 is 19.4 Å². The van der Waals surface area contributed by atoms with Crippen molar-refractivity contribution in [2.24, 2.45) is 0 Å². The van der Waals surface area contributed by atoms with Gasteiger partial charge in [-0.2, -0.15) is 0 Å². The molecule has 10 heteroatoms. The van der Waals surface area contributed by atoms with Gasteiger partial charge in [-0.05, 0) is 6.04 Å². The van der Waals surface area contributed by atoms with Crippen LogP contribution in [0.15, 0.2) is 12.4 Å². The second-order valence-corrected chi connectivity index (χ2v) is 12.8. The number of carbonyl (C=O) groups excluding carboxylic acids is 1. The number of carboxylic acid groups (broad SMARTS) is 1. The minimum atomic E-state index is -1.20. The Bertz CT molecular complexity index is 815. The summed E-state index contributed by atoms with van der Waals surface area (Å²) in [6.07, 6.45) is 2.90. The van der Waals surface area contributed by atoms with Crippen LogP contribution in [0.3, 0.4) is 0 Å². The van der Waals surface area contributed by atoms with Crippen LogP contribution in [0, 0.1) is 0 Å². The van der Waals surface area contributed by atoms with E-state index in [9.17, 15) is 14.7 Å². The zero-order valence-corrected chi connectivity index (χ0v) is 16.7. The highest BCUT2D eigenvalue weighted by Crippen LogP contribution is 2.21. The van der Waals surface area contributed by atoms with Crippen LogP contribution in [0.1, 0.15) is 10.4 Å². The third-order valence-corrected chi connectivity index (χ3v) is 5.58. The maximum absolute atomic E-state index is 11.7. The van der Waals surface area contributed by atoms with Gasteiger partial charge in [0, 0.05) is 35.0 Å². The summed E-state index contributed by atoms with van der Waals surface area (Å²) in [7, 11) is 1.84. The van der Waals surface area contributed by atoms with Gasteiger partial charge in [0.2, 0.25) is 0 Å². The standard InChI is InChI=1S/C16H25N5O4Si/c1-17-16(24)20(2)12-8-18-14-13(19-12)11(15(22)23)9-21(14)10-25-6-7-26(3,4)5/h8-9H,6-7,10H2,1-5H3,(H,17,24)(H,22,23). The van der Waals surface area contributed by atoms with Crippen LogP contribution >= 0.6 is 0 Å². The highest BCUT2D eigenvalue weighted by Gasteiger charge is 2.20. The molecule has 0 saturated heterocycles. The average molecular weight is 379 g/mol. The second kappa shape index (κ2) is 7.83. The number of nitrogens with zero attached hydrogens (tertiary/aromatic N) is 4. The molecular weight excluding hydrogens is 354 g/mol. The summed E-state index contributed by atoms with van der Waals surface area (Å²) in [6.45, 7) is 7.61. The molecule has 0 aliphatic carbocycles. The molecule has 2 aromatic rings. The number of ether oxygens (including phenoxy) is 1. The first kappa shape index (κ1) is 19.9. The van der Waals surface area contributed by atoms with E-state index in [1.54, 1.807) is 4.57 Å². The molecule has 0 fully saturated rings. The van der Waals surface area contributed by atoms with Gasteiger partial charge in [0.05, 0.1) is 6.20 Å². The number of hydrogen-bond acceptors (Lipinski definition) is 5. The number of aromatic nitrogens is 3. The van der Waals surface area contributed by atoms with E-state index in [0.717, 1.165) is 6.04 Å². The zero-order valence-electron chi connectivity index (χ0n) is 15.7. The zero-order chi connectivity index (χ0) is 19.5. The first-order valence-electron chi connectivity index (χ1n) is 8.26. The summed E-state index contributed by atoms with van der Waals surface area (Å²) in [6, 6.07) is 0.648. The number of rotatable bonds is 7. The van der Waals surface area contributed by atoms with Crippen molar-refractivity contribution >= 4 is 37.1 Å². The fraction of sp³-hybridized carbons (Fsp3) is 0.500. The predicted molar refractivity (Wildman–Crippen MR) is 101 cm³/mol. The molecule has 0 aromatic carbocycles. The molecule has 0 aliphatic heterocycles. The molecule has 2 N–H and O–H groups in total. The van der Waals surface area contributed by atoms with E-state index in [1.807, 2.05) is 0 Å². The topological polar surface area (TPSA) is 110 Å². The number of anilines is 1. The molecule has 0 atom stereocenters. The monoisotopic (exact) mass is 379 g/mol. The highest BCUT2D eigenvalue weighted by molar-refractivity contribution is 6.76. The molecule has 9 nitrogen and oxygen atoms in total. The molecule has 0 bridgehead atoms. The third kappa shape index (κ3) is 4.58. The van der Waals surface area contributed by atoms with Gasteiger partial charge in [-0.3, -0.25) is 4.90 Å². The van der Waals surface area contributed by atoms with Crippen LogP contribution in [-0.4, -0.2) is 60.4 Å². The van der Waals surface area contributed by atoms with Gasteiger partial charge in [-0.15, -0.1) is 0 Å². The molecular formula is C16H25N5O4Si. The number of amides is 2. The molecule has 0 aliphatic rings. The van der Waals surface area contributed by atoms with Crippen molar-refractivity contribution in [3.05, 3.63) is 18.0 Å². The number of carbonyl (C=O) groups is 2. The average Bonchev–Trinajstić information content (AvgIpc) is 2.94. The molecule has 0 unspecified atom stereocenters. The van der Waals surface area contributed by atoms with Crippen LogP contribution in [0.5, 0.6) is 0 Å². The van der Waals surface area contributed by atoms with Gasteiger partial charge < -0.3 is 19.7 Å². The van der Waals surface area contributed by atoms with Gasteiger partial charge >= 0.3 is 12.0 Å². The number of carboxylic acids is 1. The Morgan fingerprint density at radius 2 is 2.08 bits per heavy atom. The second-order valence-electron chi connectivity index (χ2n) is 7.18. The Morgan fingerprint density at radius 3 is 2.65 bits per heavy atom. The molecule has 2 heterocycles. The quantitative estimate of drug-likeness (QED) is 0.564. The lowest BCUT2D eigenvalue weighted by Gasteiger charge is -2.16. The van der Waals surface area contributed by atoms with Gasteiger partial charge in [0.15, 0.2) is 11.5 Å². The molecule has 2 amide bonds. The van der Waals surface area contributed by atoms with Crippen LogP contribution in [-0.2, 0) is 11.5 Å². The first-order valence-corrected chi connectivity index (χ1v) is 12.0. The molecule has 0 spiro atoms. The first-order chi connectivity index (χ1) is 12.1. The number of aromatic carboxylic acids is 1. The van der Waals surface area contributed by atoms with E-state index in [4.69, 9.17) is 4.74 Å². The molecule has 0 radical (unpaired) electrons. The summed E-state index contributed by atoms with van der Waals surface area (Å²) in [4.78, 5) is 33.2. The van der Waals surface area contributed by atoms with E-state index < -0.39 is 14.0 Å². The van der Waals surface area contributed by atoms with Crippen molar-refractivity contribution in [3.63, 3.8) is 0 Å². The normalized spacial score (nSPS) is 11.6. The van der Waals surface area contributed by atoms with Gasteiger partial charge in [-0.1, -0.05) is 19.6 Å². The fourth-order valence-electron chi connectivity index (χ4n) is 2.27. The molecule has 142 valence electrons. The lowest BCUT2D eigenvalue weighted by Crippen LogP contribution is -2.35. The highest BCUT2D eigenvalue weighted by atomic mass is 28.3. The number of nitrogens with one attached hydrogen (secondary N) is 1. The van der Waals surface area contributed by atoms with Gasteiger partial charge in [0.25, 0.3) is 0 Å². The largest absolute Gasteiger partial charge is 0.478 e. The maximum Gasteiger partial charge on any atom is 0.339 e. The van der Waals surface area contributed by atoms with Crippen molar-refractivity contribution in [3.8, 4) is 0 Å². The molecule has 0 saturated carbocycles. The molecule has 2 aromatic heterocycles. The van der Waals surface area contributed by atoms with Crippen LogP contribution < -0.4 is 10.2 Å². The SMILES string of the molecule is CNC(=O)N(C)c1cnc2c(n1)c(C(=O)O)cn2COCC[Si](C)(C)C. The lowest BCUT2D eigenvalue weighted by atomic mass is 10.3. The third-order valence-electron chi connectivity index (χ3n) is 3.87. The van der Waals surface area contributed by atoms with E-state index in [-0.39, 0.29) is 29.7 Å².